The largest absolute Gasteiger partial charge is 0.444 e. The molecule has 1 aromatic rings. The van der Waals surface area contributed by atoms with Crippen molar-refractivity contribution in [1.82, 2.24) is 15.2 Å². The van der Waals surface area contributed by atoms with E-state index >= 15 is 0 Å². The van der Waals surface area contributed by atoms with Crippen molar-refractivity contribution in [1.29, 1.82) is 0 Å². The highest BCUT2D eigenvalue weighted by Gasteiger charge is 2.38. The molecule has 0 saturated heterocycles. The minimum absolute atomic E-state index is 0.0819. The van der Waals surface area contributed by atoms with E-state index in [-0.39, 0.29) is 18.0 Å². The van der Waals surface area contributed by atoms with Crippen molar-refractivity contribution in [2.45, 2.75) is 71.2 Å². The molecule has 6 nitrogen and oxygen atoms in total. The summed E-state index contributed by atoms with van der Waals surface area (Å²) in [6.07, 6.45) is 4.91. The monoisotopic (exact) mass is 333 g/mol. The predicted molar refractivity (Wildman–Crippen MR) is 91.4 cm³/mol. The standard InChI is InChI=1S/C18H27N3O3/c1-12(20-17(23)24-18(3,4)5)16(22)21(15-8-9-15)13(2)14-7-6-10-19-11-14/h6-7,10-13,15H,8-9H2,1-5H3,(H,20,23)/t12-,13-/m0/s1. The number of ether oxygens (including phenoxy) is 1. The summed E-state index contributed by atoms with van der Waals surface area (Å²) in [5.41, 5.74) is 0.397. The molecular weight excluding hydrogens is 306 g/mol. The van der Waals surface area contributed by atoms with Gasteiger partial charge >= 0.3 is 6.09 Å². The molecular formula is C18H27N3O3. The minimum Gasteiger partial charge on any atom is -0.444 e. The smallest absolute Gasteiger partial charge is 0.408 e. The highest BCUT2D eigenvalue weighted by molar-refractivity contribution is 5.86. The molecule has 0 aromatic carbocycles. The molecule has 6 heteroatoms. The lowest BCUT2D eigenvalue weighted by atomic mass is 10.1. The number of nitrogens with one attached hydrogen (secondary N) is 1. The van der Waals surface area contributed by atoms with Crippen LogP contribution in [0.3, 0.4) is 0 Å². The van der Waals surface area contributed by atoms with Crippen LogP contribution >= 0.6 is 0 Å². The van der Waals surface area contributed by atoms with E-state index in [0.29, 0.717) is 0 Å². The Kier molecular flexibility index (Phi) is 5.47. The summed E-state index contributed by atoms with van der Waals surface area (Å²) in [6, 6.07) is 3.34. The predicted octanol–water partition coefficient (Wildman–Crippen LogP) is 3.05. The second kappa shape index (κ2) is 7.20. The topological polar surface area (TPSA) is 71.5 Å². The third-order valence-electron chi connectivity index (χ3n) is 3.88. The van der Waals surface area contributed by atoms with Gasteiger partial charge in [0.15, 0.2) is 0 Å². The van der Waals surface area contributed by atoms with Gasteiger partial charge in [-0.05, 0) is 59.1 Å². The maximum absolute atomic E-state index is 12.9. The van der Waals surface area contributed by atoms with Crippen LogP contribution in [0.15, 0.2) is 24.5 Å². The fourth-order valence-electron chi connectivity index (χ4n) is 2.59. The average Bonchev–Trinajstić information content (AvgIpc) is 3.30. The molecule has 2 amide bonds. The lowest BCUT2D eigenvalue weighted by molar-refractivity contribution is -0.136. The number of alkyl carbamates (subject to hydrolysis) is 1. The molecule has 2 rings (SSSR count). The van der Waals surface area contributed by atoms with Crippen LogP contribution < -0.4 is 5.32 Å². The van der Waals surface area contributed by atoms with Crippen molar-refractivity contribution in [2.75, 3.05) is 0 Å². The van der Waals surface area contributed by atoms with E-state index in [4.69, 9.17) is 4.74 Å². The van der Waals surface area contributed by atoms with Gasteiger partial charge in [-0.15, -0.1) is 0 Å². The Morgan fingerprint density at radius 3 is 2.50 bits per heavy atom. The van der Waals surface area contributed by atoms with Crippen molar-refractivity contribution in [2.24, 2.45) is 0 Å². The zero-order chi connectivity index (χ0) is 17.9. The fraction of sp³-hybridized carbons (Fsp3) is 0.611. The molecule has 2 atom stereocenters. The Hall–Kier alpha value is -2.11. The Balaban J connectivity index is 2.05. The number of nitrogens with zero attached hydrogens (tertiary/aromatic N) is 2. The first-order valence-corrected chi connectivity index (χ1v) is 8.40. The van der Waals surface area contributed by atoms with Crippen LogP contribution in [0, 0.1) is 0 Å². The van der Waals surface area contributed by atoms with E-state index in [9.17, 15) is 9.59 Å². The second-order valence-electron chi connectivity index (χ2n) is 7.31. The molecule has 0 unspecified atom stereocenters. The summed E-state index contributed by atoms with van der Waals surface area (Å²) < 4.78 is 5.23. The van der Waals surface area contributed by atoms with Gasteiger partial charge in [-0.25, -0.2) is 4.79 Å². The van der Waals surface area contributed by atoms with E-state index in [1.54, 1.807) is 40.1 Å². The number of carbonyl (C=O) groups is 2. The van der Waals surface area contributed by atoms with Gasteiger partial charge in [0, 0.05) is 18.4 Å². The van der Waals surface area contributed by atoms with Crippen LogP contribution in [0.4, 0.5) is 4.79 Å². The summed E-state index contributed by atoms with van der Waals surface area (Å²) in [5, 5.41) is 2.64. The Morgan fingerprint density at radius 1 is 1.33 bits per heavy atom. The maximum atomic E-state index is 12.9. The van der Waals surface area contributed by atoms with Crippen molar-refractivity contribution in [3.63, 3.8) is 0 Å². The third-order valence-corrected chi connectivity index (χ3v) is 3.88. The molecule has 1 fully saturated rings. The average molecular weight is 333 g/mol. The molecule has 0 bridgehead atoms. The number of rotatable bonds is 5. The Morgan fingerprint density at radius 2 is 2.00 bits per heavy atom. The van der Waals surface area contributed by atoms with Gasteiger partial charge in [0.25, 0.3) is 0 Å². The molecule has 0 spiro atoms. The molecule has 24 heavy (non-hydrogen) atoms. The highest BCUT2D eigenvalue weighted by Crippen LogP contribution is 2.34. The van der Waals surface area contributed by atoms with Crippen LogP contribution in [0.2, 0.25) is 0 Å². The van der Waals surface area contributed by atoms with Crippen molar-refractivity contribution in [3.8, 4) is 0 Å². The van der Waals surface area contributed by atoms with Crippen molar-refractivity contribution in [3.05, 3.63) is 30.1 Å². The Labute approximate surface area is 143 Å². The van der Waals surface area contributed by atoms with Gasteiger partial charge in [-0.3, -0.25) is 9.78 Å². The first-order valence-electron chi connectivity index (χ1n) is 8.40. The summed E-state index contributed by atoms with van der Waals surface area (Å²) in [5.74, 6) is -0.0975. The SMILES string of the molecule is C[C@H](NC(=O)OC(C)(C)C)C(=O)N(C1CC1)[C@@H](C)c1cccnc1. The van der Waals surface area contributed by atoms with E-state index < -0.39 is 17.7 Å². The summed E-state index contributed by atoms with van der Waals surface area (Å²) in [7, 11) is 0. The van der Waals surface area contributed by atoms with Gasteiger partial charge in [0.05, 0.1) is 6.04 Å². The van der Waals surface area contributed by atoms with Crippen molar-refractivity contribution >= 4 is 12.0 Å². The van der Waals surface area contributed by atoms with Crippen LogP contribution in [-0.2, 0) is 9.53 Å². The van der Waals surface area contributed by atoms with Gasteiger partial charge in [0.2, 0.25) is 5.91 Å². The number of carbonyl (C=O) groups excluding carboxylic acids is 2. The Bertz CT molecular complexity index is 579. The molecule has 1 N–H and O–H groups in total. The van der Waals surface area contributed by atoms with Gasteiger partial charge < -0.3 is 15.0 Å². The van der Waals surface area contributed by atoms with Crippen LogP contribution in [0.1, 0.15) is 59.1 Å². The fourth-order valence-corrected chi connectivity index (χ4v) is 2.59. The van der Waals surface area contributed by atoms with Gasteiger partial charge in [-0.2, -0.15) is 0 Å². The zero-order valence-corrected chi connectivity index (χ0v) is 15.1. The number of aromatic nitrogens is 1. The lowest BCUT2D eigenvalue weighted by Gasteiger charge is -2.32. The van der Waals surface area contributed by atoms with E-state index in [0.717, 1.165) is 18.4 Å². The molecule has 0 radical (unpaired) electrons. The number of hydrogen-bond donors (Lipinski definition) is 1. The lowest BCUT2D eigenvalue weighted by Crippen LogP contribution is -2.49. The molecule has 1 saturated carbocycles. The summed E-state index contributed by atoms with van der Waals surface area (Å²) >= 11 is 0. The van der Waals surface area contributed by atoms with Crippen LogP contribution in [0.25, 0.3) is 0 Å². The number of hydrogen-bond acceptors (Lipinski definition) is 4. The van der Waals surface area contributed by atoms with Gasteiger partial charge in [-0.1, -0.05) is 6.07 Å². The molecule has 1 aliphatic rings. The second-order valence-corrected chi connectivity index (χ2v) is 7.31. The zero-order valence-electron chi connectivity index (χ0n) is 15.1. The molecule has 1 heterocycles. The number of pyridine rings is 1. The maximum Gasteiger partial charge on any atom is 0.408 e. The molecule has 132 valence electrons. The number of amides is 2. The first kappa shape index (κ1) is 18.2. The third kappa shape index (κ3) is 4.94. The highest BCUT2D eigenvalue weighted by atomic mass is 16.6. The van der Waals surface area contributed by atoms with Crippen LogP contribution in [-0.4, -0.2) is 39.6 Å². The summed E-state index contributed by atoms with van der Waals surface area (Å²) in [4.78, 5) is 30.8. The van der Waals surface area contributed by atoms with Gasteiger partial charge in [0.1, 0.15) is 11.6 Å². The molecule has 1 aromatic heterocycles. The van der Waals surface area contributed by atoms with E-state index in [1.807, 2.05) is 24.0 Å². The quantitative estimate of drug-likeness (QED) is 0.899. The minimum atomic E-state index is -0.639. The normalized spacial score (nSPS) is 16.9. The van der Waals surface area contributed by atoms with E-state index in [1.165, 1.54) is 0 Å². The summed E-state index contributed by atoms with van der Waals surface area (Å²) in [6.45, 7) is 9.06. The molecule has 0 aliphatic heterocycles. The van der Waals surface area contributed by atoms with E-state index in [2.05, 4.69) is 10.3 Å². The van der Waals surface area contributed by atoms with Crippen molar-refractivity contribution < 1.29 is 14.3 Å². The molecule has 1 aliphatic carbocycles. The van der Waals surface area contributed by atoms with Crippen LogP contribution in [0.5, 0.6) is 0 Å². The first-order chi connectivity index (χ1) is 11.2.